The number of imidazole rings is 1. The lowest BCUT2D eigenvalue weighted by Gasteiger charge is -2.22. The lowest BCUT2D eigenvalue weighted by atomic mass is 10.0. The largest absolute Gasteiger partial charge is 0.488 e. The van der Waals surface area contributed by atoms with E-state index < -0.39 is 0 Å². The van der Waals surface area contributed by atoms with Crippen molar-refractivity contribution in [1.29, 1.82) is 0 Å². The summed E-state index contributed by atoms with van der Waals surface area (Å²) in [6.07, 6.45) is 5.94. The summed E-state index contributed by atoms with van der Waals surface area (Å²) in [6, 6.07) is 8.57. The summed E-state index contributed by atoms with van der Waals surface area (Å²) >= 11 is 0. The zero-order chi connectivity index (χ0) is 13.9. The molecular formula is C16H21N3O. The lowest BCUT2D eigenvalue weighted by molar-refractivity contribution is 0.180. The number of aryl methyl sites for hydroxylation is 1. The molecular weight excluding hydrogens is 250 g/mol. The van der Waals surface area contributed by atoms with Crippen molar-refractivity contribution in [2.24, 2.45) is 0 Å². The van der Waals surface area contributed by atoms with Crippen LogP contribution in [0.4, 0.5) is 0 Å². The number of aromatic nitrogens is 2. The number of nitrogens with one attached hydrogen (secondary N) is 1. The molecule has 1 N–H and O–H groups in total. The third-order valence-corrected chi connectivity index (χ3v) is 4.04. The summed E-state index contributed by atoms with van der Waals surface area (Å²) in [5, 5.41) is 3.39. The van der Waals surface area contributed by atoms with E-state index in [1.807, 2.05) is 25.5 Å². The third-order valence-electron chi connectivity index (χ3n) is 4.04. The van der Waals surface area contributed by atoms with Crippen molar-refractivity contribution >= 4 is 0 Å². The van der Waals surface area contributed by atoms with Crippen molar-refractivity contribution in [1.82, 2.24) is 14.9 Å². The van der Waals surface area contributed by atoms with Crippen molar-refractivity contribution < 1.29 is 4.74 Å². The Morgan fingerprint density at radius 3 is 3.05 bits per heavy atom. The maximum absolute atomic E-state index is 6.08. The van der Waals surface area contributed by atoms with Crippen molar-refractivity contribution in [2.75, 3.05) is 7.05 Å². The molecule has 0 bridgehead atoms. The van der Waals surface area contributed by atoms with Gasteiger partial charge in [-0.1, -0.05) is 18.2 Å². The summed E-state index contributed by atoms with van der Waals surface area (Å²) in [7, 11) is 2.00. The topological polar surface area (TPSA) is 39.1 Å². The highest BCUT2D eigenvalue weighted by atomic mass is 16.5. The van der Waals surface area contributed by atoms with Crippen LogP contribution >= 0.6 is 0 Å². The van der Waals surface area contributed by atoms with Gasteiger partial charge in [-0.3, -0.25) is 0 Å². The average molecular weight is 271 g/mol. The van der Waals surface area contributed by atoms with Crippen LogP contribution in [0.2, 0.25) is 0 Å². The maximum atomic E-state index is 6.08. The number of fused-ring (bicyclic) bond motifs is 1. The Morgan fingerprint density at radius 2 is 2.30 bits per heavy atom. The molecule has 0 aliphatic carbocycles. The lowest BCUT2D eigenvalue weighted by Crippen LogP contribution is -2.42. The van der Waals surface area contributed by atoms with Crippen molar-refractivity contribution in [3.05, 3.63) is 48.0 Å². The highest BCUT2D eigenvalue weighted by molar-refractivity contribution is 5.37. The molecule has 2 aromatic rings. The Hall–Kier alpha value is -1.81. The highest BCUT2D eigenvalue weighted by Gasteiger charge is 2.30. The van der Waals surface area contributed by atoms with E-state index in [4.69, 9.17) is 4.74 Å². The SMILES string of the molecule is CCn1ccnc1CC(NC)C1Cc2ccccc2O1. The van der Waals surface area contributed by atoms with Gasteiger partial charge in [-0.25, -0.2) is 4.98 Å². The van der Waals surface area contributed by atoms with E-state index in [0.717, 1.165) is 31.0 Å². The molecule has 2 unspecified atom stereocenters. The molecule has 3 rings (SSSR count). The van der Waals surface area contributed by atoms with Crippen LogP contribution in [0, 0.1) is 0 Å². The molecule has 1 aromatic heterocycles. The molecule has 0 saturated heterocycles. The first-order valence-electron chi connectivity index (χ1n) is 7.23. The monoisotopic (exact) mass is 271 g/mol. The Bertz CT molecular complexity index is 554. The fourth-order valence-electron chi connectivity index (χ4n) is 2.87. The van der Waals surface area contributed by atoms with Gasteiger partial charge in [0.15, 0.2) is 0 Å². The molecule has 20 heavy (non-hydrogen) atoms. The van der Waals surface area contributed by atoms with Gasteiger partial charge in [-0.15, -0.1) is 0 Å². The molecule has 1 aliphatic rings. The predicted octanol–water partition coefficient (Wildman–Crippen LogP) is 2.04. The number of likely N-dealkylation sites (N-methyl/N-ethyl adjacent to an activating group) is 1. The maximum Gasteiger partial charge on any atom is 0.123 e. The summed E-state index contributed by atoms with van der Waals surface area (Å²) < 4.78 is 8.27. The van der Waals surface area contributed by atoms with E-state index in [9.17, 15) is 0 Å². The second-order valence-corrected chi connectivity index (χ2v) is 5.20. The van der Waals surface area contributed by atoms with Crippen molar-refractivity contribution in [2.45, 2.75) is 38.5 Å². The first-order chi connectivity index (χ1) is 9.81. The van der Waals surface area contributed by atoms with Crippen LogP contribution in [0.15, 0.2) is 36.7 Å². The molecule has 2 atom stereocenters. The second kappa shape index (κ2) is 5.67. The Labute approximate surface area is 119 Å². The van der Waals surface area contributed by atoms with Crippen molar-refractivity contribution in [3.8, 4) is 5.75 Å². The molecule has 0 amide bonds. The van der Waals surface area contributed by atoms with Gasteiger partial charge < -0.3 is 14.6 Å². The number of nitrogens with zero attached hydrogens (tertiary/aromatic N) is 2. The summed E-state index contributed by atoms with van der Waals surface area (Å²) in [5.41, 5.74) is 1.30. The van der Waals surface area contributed by atoms with Gasteiger partial charge in [-0.2, -0.15) is 0 Å². The van der Waals surface area contributed by atoms with Gasteiger partial charge in [0.25, 0.3) is 0 Å². The molecule has 4 nitrogen and oxygen atoms in total. The molecule has 2 heterocycles. The molecule has 0 radical (unpaired) electrons. The molecule has 106 valence electrons. The zero-order valence-electron chi connectivity index (χ0n) is 12.0. The summed E-state index contributed by atoms with van der Waals surface area (Å²) in [4.78, 5) is 4.46. The van der Waals surface area contributed by atoms with Gasteiger partial charge in [-0.05, 0) is 25.6 Å². The van der Waals surface area contributed by atoms with Gasteiger partial charge in [0.05, 0.1) is 6.04 Å². The van der Waals surface area contributed by atoms with Gasteiger partial charge in [0, 0.05) is 31.8 Å². The fraction of sp³-hybridized carbons (Fsp3) is 0.438. The number of hydrogen-bond acceptors (Lipinski definition) is 3. The van der Waals surface area contributed by atoms with Crippen LogP contribution in [0.3, 0.4) is 0 Å². The van der Waals surface area contributed by atoms with Gasteiger partial charge >= 0.3 is 0 Å². The average Bonchev–Trinajstić information content (AvgIpc) is 3.10. The number of benzene rings is 1. The third kappa shape index (κ3) is 2.43. The summed E-state index contributed by atoms with van der Waals surface area (Å²) in [6.45, 7) is 3.10. The van der Waals surface area contributed by atoms with Crippen LogP contribution in [0.1, 0.15) is 18.3 Å². The van der Waals surface area contributed by atoms with Crippen LogP contribution in [0.5, 0.6) is 5.75 Å². The minimum atomic E-state index is 0.180. The molecule has 0 fully saturated rings. The Morgan fingerprint density at radius 1 is 1.45 bits per heavy atom. The normalized spacial score (nSPS) is 18.6. The van der Waals surface area contributed by atoms with Crippen LogP contribution in [0.25, 0.3) is 0 Å². The van der Waals surface area contributed by atoms with E-state index in [1.54, 1.807) is 0 Å². The number of rotatable bonds is 5. The van der Waals surface area contributed by atoms with Crippen LogP contribution < -0.4 is 10.1 Å². The molecule has 0 spiro atoms. The number of ether oxygens (including phenoxy) is 1. The first kappa shape index (κ1) is 13.2. The smallest absolute Gasteiger partial charge is 0.123 e. The standard InChI is InChI=1S/C16H21N3O/c1-3-19-9-8-18-16(19)11-13(17-2)15-10-12-6-4-5-7-14(12)20-15/h4-9,13,15,17H,3,10-11H2,1-2H3. The van der Waals surface area contributed by atoms with E-state index >= 15 is 0 Å². The number of para-hydroxylation sites is 1. The second-order valence-electron chi connectivity index (χ2n) is 5.20. The molecule has 0 saturated carbocycles. The van der Waals surface area contributed by atoms with E-state index in [-0.39, 0.29) is 12.1 Å². The Kier molecular flexibility index (Phi) is 3.74. The quantitative estimate of drug-likeness (QED) is 0.904. The first-order valence-corrected chi connectivity index (χ1v) is 7.23. The molecule has 4 heteroatoms. The van der Waals surface area contributed by atoms with Gasteiger partial charge in [0.2, 0.25) is 0 Å². The van der Waals surface area contributed by atoms with Crippen LogP contribution in [-0.4, -0.2) is 28.7 Å². The molecule has 1 aromatic carbocycles. The zero-order valence-corrected chi connectivity index (χ0v) is 12.0. The van der Waals surface area contributed by atoms with E-state index in [2.05, 4.69) is 40.0 Å². The minimum Gasteiger partial charge on any atom is -0.488 e. The van der Waals surface area contributed by atoms with Gasteiger partial charge in [0.1, 0.15) is 17.7 Å². The number of hydrogen-bond donors (Lipinski definition) is 1. The van der Waals surface area contributed by atoms with E-state index in [1.165, 1.54) is 5.56 Å². The summed E-state index contributed by atoms with van der Waals surface area (Å²) in [5.74, 6) is 2.14. The van der Waals surface area contributed by atoms with Crippen molar-refractivity contribution in [3.63, 3.8) is 0 Å². The minimum absolute atomic E-state index is 0.180. The van der Waals surface area contributed by atoms with E-state index in [0.29, 0.717) is 0 Å². The van der Waals surface area contributed by atoms with Crippen LogP contribution in [-0.2, 0) is 19.4 Å². The fourth-order valence-corrected chi connectivity index (χ4v) is 2.87. The molecule has 1 aliphatic heterocycles. The predicted molar refractivity (Wildman–Crippen MR) is 79.0 cm³/mol. The Balaban J connectivity index is 1.73. The highest BCUT2D eigenvalue weighted by Crippen LogP contribution is 2.30.